The lowest BCUT2D eigenvalue weighted by Gasteiger charge is -2.16. The highest BCUT2D eigenvalue weighted by Crippen LogP contribution is 2.08. The Morgan fingerprint density at radius 3 is 2.81 bits per heavy atom. The standard InChI is InChI=1S/C10H18N2O4/c13-8(10(15)16)6-12-9(14)7-4-2-1-3-5-11-7/h7-8,11,13H,1-6H2,(H,12,14)(H,15,16)/t7?,8-/m0/s1. The van der Waals surface area contributed by atoms with Crippen LogP contribution in [0.4, 0.5) is 0 Å². The van der Waals surface area contributed by atoms with Crippen LogP contribution < -0.4 is 10.6 Å². The summed E-state index contributed by atoms with van der Waals surface area (Å²) in [6.45, 7) is 0.561. The summed E-state index contributed by atoms with van der Waals surface area (Å²) in [4.78, 5) is 21.9. The molecule has 1 unspecified atom stereocenters. The molecular formula is C10H18N2O4. The van der Waals surface area contributed by atoms with Crippen molar-refractivity contribution in [1.29, 1.82) is 0 Å². The summed E-state index contributed by atoms with van der Waals surface area (Å²) in [5.41, 5.74) is 0. The van der Waals surface area contributed by atoms with Gasteiger partial charge in [0.2, 0.25) is 5.91 Å². The maximum Gasteiger partial charge on any atom is 0.334 e. The Kier molecular flexibility index (Phi) is 5.21. The van der Waals surface area contributed by atoms with Crippen LogP contribution in [-0.4, -0.2) is 47.3 Å². The second-order valence-electron chi connectivity index (χ2n) is 3.96. The van der Waals surface area contributed by atoms with E-state index in [1.807, 2.05) is 0 Å². The van der Waals surface area contributed by atoms with Crippen molar-refractivity contribution in [2.24, 2.45) is 0 Å². The van der Waals surface area contributed by atoms with E-state index in [0.717, 1.165) is 32.2 Å². The highest BCUT2D eigenvalue weighted by molar-refractivity contribution is 5.82. The first-order chi connectivity index (χ1) is 7.61. The third-order valence-electron chi connectivity index (χ3n) is 2.63. The van der Waals surface area contributed by atoms with Crippen LogP contribution in [-0.2, 0) is 9.59 Å². The third-order valence-corrected chi connectivity index (χ3v) is 2.63. The van der Waals surface area contributed by atoms with Gasteiger partial charge >= 0.3 is 5.97 Å². The van der Waals surface area contributed by atoms with Crippen molar-refractivity contribution in [1.82, 2.24) is 10.6 Å². The lowest BCUT2D eigenvalue weighted by molar-refractivity contribution is -0.146. The van der Waals surface area contributed by atoms with Gasteiger partial charge in [0.1, 0.15) is 0 Å². The van der Waals surface area contributed by atoms with Gasteiger partial charge in [0.25, 0.3) is 0 Å². The number of carboxylic acid groups (broad SMARTS) is 1. The Bertz CT molecular complexity index is 249. The number of aliphatic hydroxyl groups is 1. The summed E-state index contributed by atoms with van der Waals surface area (Å²) in [5.74, 6) is -1.56. The molecule has 1 fully saturated rings. The SMILES string of the molecule is O=C(NC[C@H](O)C(=O)O)C1CCCCCN1. The summed E-state index contributed by atoms with van der Waals surface area (Å²) in [7, 11) is 0. The van der Waals surface area contributed by atoms with E-state index in [2.05, 4.69) is 10.6 Å². The molecular weight excluding hydrogens is 212 g/mol. The first kappa shape index (κ1) is 12.9. The number of carboxylic acids is 1. The molecule has 0 aromatic heterocycles. The molecule has 1 aliphatic heterocycles. The molecule has 0 aromatic carbocycles. The van der Waals surface area contributed by atoms with E-state index in [1.54, 1.807) is 0 Å². The Hall–Kier alpha value is -1.14. The number of aliphatic hydroxyl groups excluding tert-OH is 1. The lowest BCUT2D eigenvalue weighted by atomic mass is 10.1. The zero-order chi connectivity index (χ0) is 12.0. The molecule has 6 heteroatoms. The summed E-state index contributed by atoms with van der Waals surface area (Å²) in [5, 5.41) is 23.0. The minimum absolute atomic E-state index is 0.234. The molecule has 6 nitrogen and oxygen atoms in total. The van der Waals surface area contributed by atoms with E-state index in [4.69, 9.17) is 10.2 Å². The fourth-order valence-electron chi connectivity index (χ4n) is 1.66. The first-order valence-corrected chi connectivity index (χ1v) is 5.53. The van der Waals surface area contributed by atoms with E-state index >= 15 is 0 Å². The first-order valence-electron chi connectivity index (χ1n) is 5.53. The number of hydrogen-bond donors (Lipinski definition) is 4. The van der Waals surface area contributed by atoms with Gasteiger partial charge in [0.05, 0.1) is 12.6 Å². The van der Waals surface area contributed by atoms with Crippen molar-refractivity contribution in [2.75, 3.05) is 13.1 Å². The van der Waals surface area contributed by atoms with Gasteiger partial charge < -0.3 is 20.8 Å². The largest absolute Gasteiger partial charge is 0.479 e. The molecule has 92 valence electrons. The normalized spacial score (nSPS) is 23.2. The topological polar surface area (TPSA) is 98.7 Å². The molecule has 1 aliphatic rings. The van der Waals surface area contributed by atoms with Crippen molar-refractivity contribution in [2.45, 2.75) is 37.8 Å². The van der Waals surface area contributed by atoms with Crippen molar-refractivity contribution < 1.29 is 19.8 Å². The average Bonchev–Trinajstić information content (AvgIpc) is 2.53. The summed E-state index contributed by atoms with van der Waals surface area (Å²) < 4.78 is 0. The van der Waals surface area contributed by atoms with Crippen LogP contribution in [0.25, 0.3) is 0 Å². The second kappa shape index (κ2) is 6.44. The highest BCUT2D eigenvalue weighted by atomic mass is 16.4. The number of carbonyl (C=O) groups is 2. The van der Waals surface area contributed by atoms with Gasteiger partial charge in [-0.3, -0.25) is 4.79 Å². The molecule has 1 saturated heterocycles. The maximum atomic E-state index is 11.6. The van der Waals surface area contributed by atoms with E-state index < -0.39 is 12.1 Å². The Labute approximate surface area is 94.0 Å². The van der Waals surface area contributed by atoms with Gasteiger partial charge in [-0.2, -0.15) is 0 Å². The number of hydrogen-bond acceptors (Lipinski definition) is 4. The molecule has 0 aliphatic carbocycles. The average molecular weight is 230 g/mol. The van der Waals surface area contributed by atoms with Gasteiger partial charge in [0, 0.05) is 0 Å². The minimum atomic E-state index is -1.53. The maximum absolute atomic E-state index is 11.6. The number of amides is 1. The van der Waals surface area contributed by atoms with Crippen LogP contribution in [0, 0.1) is 0 Å². The molecule has 1 amide bonds. The van der Waals surface area contributed by atoms with E-state index in [1.165, 1.54) is 0 Å². The van der Waals surface area contributed by atoms with Crippen LogP contribution in [0.1, 0.15) is 25.7 Å². The summed E-state index contributed by atoms with van der Waals surface area (Å²) in [6, 6.07) is -0.261. The summed E-state index contributed by atoms with van der Waals surface area (Å²) >= 11 is 0. The fraction of sp³-hybridized carbons (Fsp3) is 0.800. The highest BCUT2D eigenvalue weighted by Gasteiger charge is 2.21. The van der Waals surface area contributed by atoms with Crippen molar-refractivity contribution in [3.63, 3.8) is 0 Å². The van der Waals surface area contributed by atoms with Crippen LogP contribution in [0.2, 0.25) is 0 Å². The molecule has 0 spiro atoms. The molecule has 4 N–H and O–H groups in total. The molecule has 0 bridgehead atoms. The quantitative estimate of drug-likeness (QED) is 0.500. The molecule has 16 heavy (non-hydrogen) atoms. The predicted octanol–water partition coefficient (Wildman–Crippen LogP) is -0.920. The van der Waals surface area contributed by atoms with Crippen molar-refractivity contribution in [3.05, 3.63) is 0 Å². The lowest BCUT2D eigenvalue weighted by Crippen LogP contribution is -2.46. The Morgan fingerprint density at radius 1 is 1.38 bits per heavy atom. The Balaban J connectivity index is 2.30. The number of nitrogens with one attached hydrogen (secondary N) is 2. The van der Waals surface area contributed by atoms with Gasteiger partial charge in [0.15, 0.2) is 6.10 Å². The monoisotopic (exact) mass is 230 g/mol. The van der Waals surface area contributed by atoms with E-state index in [0.29, 0.717) is 0 Å². The zero-order valence-electron chi connectivity index (χ0n) is 9.11. The van der Waals surface area contributed by atoms with Crippen molar-refractivity contribution in [3.8, 4) is 0 Å². The van der Waals surface area contributed by atoms with Crippen LogP contribution in [0.5, 0.6) is 0 Å². The second-order valence-corrected chi connectivity index (χ2v) is 3.96. The van der Waals surface area contributed by atoms with Gasteiger partial charge in [-0.05, 0) is 19.4 Å². The smallest absolute Gasteiger partial charge is 0.334 e. The molecule has 0 saturated carbocycles. The molecule has 2 atom stereocenters. The van der Waals surface area contributed by atoms with E-state index in [-0.39, 0.29) is 18.5 Å². The molecule has 0 radical (unpaired) electrons. The van der Waals surface area contributed by atoms with Crippen LogP contribution in [0.15, 0.2) is 0 Å². The van der Waals surface area contributed by atoms with Gasteiger partial charge in [-0.25, -0.2) is 4.79 Å². The van der Waals surface area contributed by atoms with E-state index in [9.17, 15) is 9.59 Å². The predicted molar refractivity (Wildman–Crippen MR) is 56.9 cm³/mol. The van der Waals surface area contributed by atoms with Crippen LogP contribution in [0.3, 0.4) is 0 Å². The third kappa shape index (κ3) is 4.16. The fourth-order valence-corrected chi connectivity index (χ4v) is 1.66. The molecule has 1 rings (SSSR count). The summed E-state index contributed by atoms with van der Waals surface area (Å²) in [6.07, 6.45) is 2.38. The number of carbonyl (C=O) groups excluding carboxylic acids is 1. The minimum Gasteiger partial charge on any atom is -0.479 e. The number of rotatable bonds is 4. The van der Waals surface area contributed by atoms with Crippen LogP contribution >= 0.6 is 0 Å². The molecule has 1 heterocycles. The van der Waals surface area contributed by atoms with Gasteiger partial charge in [-0.15, -0.1) is 0 Å². The Morgan fingerprint density at radius 2 is 2.12 bits per heavy atom. The molecule has 0 aromatic rings. The zero-order valence-corrected chi connectivity index (χ0v) is 9.11. The van der Waals surface area contributed by atoms with Crippen molar-refractivity contribution >= 4 is 11.9 Å². The van der Waals surface area contributed by atoms with Gasteiger partial charge in [-0.1, -0.05) is 12.8 Å². The number of aliphatic carboxylic acids is 1.